The molecule has 0 spiro atoms. The lowest BCUT2D eigenvalue weighted by Crippen LogP contribution is -2.25. The number of carboxylic acids is 1. The van der Waals surface area contributed by atoms with Gasteiger partial charge < -0.3 is 10.4 Å². The lowest BCUT2D eigenvalue weighted by Gasteiger charge is -2.03. The molecule has 0 atom stereocenters. The van der Waals surface area contributed by atoms with Gasteiger partial charge in [0.2, 0.25) is 5.82 Å². The van der Waals surface area contributed by atoms with Gasteiger partial charge in [0, 0.05) is 17.7 Å². The number of nitrogens with one attached hydrogen (secondary N) is 2. The zero-order valence-corrected chi connectivity index (χ0v) is 9.83. The van der Waals surface area contributed by atoms with Crippen LogP contribution in [0.5, 0.6) is 0 Å². The Morgan fingerprint density at radius 2 is 2.00 bits per heavy atom. The van der Waals surface area contributed by atoms with Gasteiger partial charge in [-0.15, -0.1) is 10.2 Å². The molecule has 8 heteroatoms. The largest absolute Gasteiger partial charge is 0.481 e. The van der Waals surface area contributed by atoms with Crippen molar-refractivity contribution in [2.75, 3.05) is 6.54 Å². The van der Waals surface area contributed by atoms with Crippen LogP contribution in [0.3, 0.4) is 0 Å². The van der Waals surface area contributed by atoms with E-state index in [2.05, 4.69) is 25.9 Å². The minimum absolute atomic E-state index is 0.0980. The van der Waals surface area contributed by atoms with Crippen LogP contribution < -0.4 is 5.32 Å². The average molecular weight is 261 g/mol. The normalized spacial score (nSPS) is 10.1. The van der Waals surface area contributed by atoms with Gasteiger partial charge in [0.05, 0.1) is 6.42 Å². The van der Waals surface area contributed by atoms with E-state index < -0.39 is 5.97 Å². The SMILES string of the molecule is O=C(O)CCNC(=O)c1ccc(-c2nn[nH]n2)cc1. The number of carbonyl (C=O) groups is 2. The Morgan fingerprint density at radius 3 is 2.58 bits per heavy atom. The van der Waals surface area contributed by atoms with Crippen molar-refractivity contribution in [1.82, 2.24) is 25.9 Å². The van der Waals surface area contributed by atoms with Gasteiger partial charge in [-0.05, 0) is 17.3 Å². The number of hydrogen-bond donors (Lipinski definition) is 3. The highest BCUT2D eigenvalue weighted by atomic mass is 16.4. The van der Waals surface area contributed by atoms with Crippen molar-refractivity contribution in [2.24, 2.45) is 0 Å². The fraction of sp³-hybridized carbons (Fsp3) is 0.182. The summed E-state index contributed by atoms with van der Waals surface area (Å²) >= 11 is 0. The minimum atomic E-state index is -0.951. The summed E-state index contributed by atoms with van der Waals surface area (Å²) < 4.78 is 0. The molecule has 2 rings (SSSR count). The Hall–Kier alpha value is -2.77. The topological polar surface area (TPSA) is 121 Å². The highest BCUT2D eigenvalue weighted by molar-refractivity contribution is 5.94. The van der Waals surface area contributed by atoms with E-state index in [9.17, 15) is 9.59 Å². The molecule has 19 heavy (non-hydrogen) atoms. The van der Waals surface area contributed by atoms with Gasteiger partial charge in [-0.2, -0.15) is 5.21 Å². The third kappa shape index (κ3) is 3.35. The minimum Gasteiger partial charge on any atom is -0.481 e. The third-order valence-electron chi connectivity index (χ3n) is 2.38. The van der Waals surface area contributed by atoms with E-state index in [1.807, 2.05) is 0 Å². The van der Waals surface area contributed by atoms with Crippen molar-refractivity contribution >= 4 is 11.9 Å². The molecule has 0 unspecified atom stereocenters. The molecule has 0 aliphatic carbocycles. The van der Waals surface area contributed by atoms with Crippen LogP contribution in [0.4, 0.5) is 0 Å². The van der Waals surface area contributed by atoms with Gasteiger partial charge in [-0.3, -0.25) is 9.59 Å². The second-order valence-electron chi connectivity index (χ2n) is 3.71. The Labute approximate surface area is 107 Å². The summed E-state index contributed by atoms with van der Waals surface area (Å²) in [6, 6.07) is 6.61. The average Bonchev–Trinajstić information content (AvgIpc) is 2.92. The number of tetrazole rings is 1. The highest BCUT2D eigenvalue weighted by Gasteiger charge is 2.07. The molecule has 0 saturated carbocycles. The zero-order valence-electron chi connectivity index (χ0n) is 9.83. The predicted molar refractivity (Wildman–Crippen MR) is 64.2 cm³/mol. The molecule has 0 aliphatic rings. The van der Waals surface area contributed by atoms with E-state index in [4.69, 9.17) is 5.11 Å². The van der Waals surface area contributed by atoms with Crippen LogP contribution in [0.2, 0.25) is 0 Å². The van der Waals surface area contributed by atoms with E-state index in [0.29, 0.717) is 11.4 Å². The molecular formula is C11H11N5O3. The van der Waals surface area contributed by atoms with Gasteiger partial charge in [-0.25, -0.2) is 0 Å². The predicted octanol–water partition coefficient (Wildman–Crippen LogP) is 0.0712. The number of hydrogen-bond acceptors (Lipinski definition) is 5. The molecule has 1 amide bonds. The van der Waals surface area contributed by atoms with E-state index in [1.54, 1.807) is 24.3 Å². The maximum Gasteiger partial charge on any atom is 0.305 e. The molecule has 0 bridgehead atoms. The van der Waals surface area contributed by atoms with Crippen molar-refractivity contribution < 1.29 is 14.7 Å². The molecule has 8 nitrogen and oxygen atoms in total. The second-order valence-corrected chi connectivity index (χ2v) is 3.71. The zero-order chi connectivity index (χ0) is 13.7. The van der Waals surface area contributed by atoms with Gasteiger partial charge in [0.1, 0.15) is 0 Å². The molecule has 1 aromatic carbocycles. The summed E-state index contributed by atoms with van der Waals surface area (Å²) in [6.45, 7) is 0.0980. The van der Waals surface area contributed by atoms with Gasteiger partial charge in [-0.1, -0.05) is 12.1 Å². The van der Waals surface area contributed by atoms with Crippen molar-refractivity contribution in [3.63, 3.8) is 0 Å². The molecule has 1 heterocycles. The van der Waals surface area contributed by atoms with E-state index in [-0.39, 0.29) is 18.9 Å². The number of amides is 1. The second kappa shape index (κ2) is 5.71. The number of nitrogens with zero attached hydrogens (tertiary/aromatic N) is 3. The molecule has 2 aromatic rings. The van der Waals surface area contributed by atoms with E-state index in [1.165, 1.54) is 0 Å². The summed E-state index contributed by atoms with van der Waals surface area (Å²) in [4.78, 5) is 22.0. The Bertz CT molecular complexity index is 565. The van der Waals surface area contributed by atoms with Crippen LogP contribution in [-0.2, 0) is 4.79 Å². The number of carbonyl (C=O) groups excluding carboxylic acids is 1. The summed E-state index contributed by atoms with van der Waals surface area (Å²) in [7, 11) is 0. The summed E-state index contributed by atoms with van der Waals surface area (Å²) in [5, 5.41) is 24.4. The fourth-order valence-corrected chi connectivity index (χ4v) is 1.44. The molecule has 98 valence electrons. The summed E-state index contributed by atoms with van der Waals surface area (Å²) in [6.07, 6.45) is -0.104. The Morgan fingerprint density at radius 1 is 1.26 bits per heavy atom. The number of carboxylic acid groups (broad SMARTS) is 1. The van der Waals surface area contributed by atoms with Crippen molar-refractivity contribution in [3.05, 3.63) is 29.8 Å². The number of aromatic amines is 1. The first-order valence-electron chi connectivity index (χ1n) is 5.50. The van der Waals surface area contributed by atoms with Crippen molar-refractivity contribution in [3.8, 4) is 11.4 Å². The molecular weight excluding hydrogens is 250 g/mol. The van der Waals surface area contributed by atoms with Crippen LogP contribution in [0, 0.1) is 0 Å². The van der Waals surface area contributed by atoms with Crippen molar-refractivity contribution in [1.29, 1.82) is 0 Å². The lowest BCUT2D eigenvalue weighted by molar-refractivity contribution is -0.136. The molecule has 0 radical (unpaired) electrons. The van der Waals surface area contributed by atoms with E-state index >= 15 is 0 Å². The van der Waals surface area contributed by atoms with Crippen LogP contribution in [0.1, 0.15) is 16.8 Å². The maximum atomic E-state index is 11.7. The molecule has 0 fully saturated rings. The number of aromatic nitrogens is 4. The van der Waals surface area contributed by atoms with Crippen LogP contribution in [0.25, 0.3) is 11.4 Å². The molecule has 3 N–H and O–H groups in total. The van der Waals surface area contributed by atoms with Crippen LogP contribution >= 0.6 is 0 Å². The lowest BCUT2D eigenvalue weighted by atomic mass is 10.1. The highest BCUT2D eigenvalue weighted by Crippen LogP contribution is 2.13. The first-order valence-corrected chi connectivity index (χ1v) is 5.50. The Balaban J connectivity index is 1.98. The number of rotatable bonds is 5. The summed E-state index contributed by atoms with van der Waals surface area (Å²) in [5.41, 5.74) is 1.17. The van der Waals surface area contributed by atoms with Crippen LogP contribution in [0.15, 0.2) is 24.3 Å². The van der Waals surface area contributed by atoms with Crippen molar-refractivity contribution in [2.45, 2.75) is 6.42 Å². The number of benzene rings is 1. The number of aliphatic carboxylic acids is 1. The summed E-state index contributed by atoms with van der Waals surface area (Å²) in [5.74, 6) is -0.827. The van der Waals surface area contributed by atoms with Crippen LogP contribution in [-0.4, -0.2) is 44.2 Å². The first kappa shape index (κ1) is 12.7. The Kier molecular flexibility index (Phi) is 3.81. The maximum absolute atomic E-state index is 11.7. The monoisotopic (exact) mass is 261 g/mol. The standard InChI is InChI=1S/C11H11N5O3/c17-9(18)5-6-12-11(19)8-3-1-7(2-4-8)10-13-15-16-14-10/h1-4H,5-6H2,(H,12,19)(H,17,18)(H,13,14,15,16). The van der Waals surface area contributed by atoms with Gasteiger partial charge in [0.25, 0.3) is 5.91 Å². The molecule has 0 saturated heterocycles. The fourth-order valence-electron chi connectivity index (χ4n) is 1.44. The molecule has 1 aromatic heterocycles. The first-order chi connectivity index (χ1) is 9.16. The van der Waals surface area contributed by atoms with Gasteiger partial charge in [0.15, 0.2) is 0 Å². The molecule has 0 aliphatic heterocycles. The third-order valence-corrected chi connectivity index (χ3v) is 2.38. The smallest absolute Gasteiger partial charge is 0.305 e. The number of H-pyrrole nitrogens is 1. The van der Waals surface area contributed by atoms with E-state index in [0.717, 1.165) is 5.56 Å². The van der Waals surface area contributed by atoms with Gasteiger partial charge >= 0.3 is 5.97 Å². The quantitative estimate of drug-likeness (QED) is 0.700.